The lowest BCUT2D eigenvalue weighted by Crippen LogP contribution is -2.50. The van der Waals surface area contributed by atoms with E-state index in [2.05, 4.69) is 4.74 Å². The van der Waals surface area contributed by atoms with Crippen molar-refractivity contribution < 1.29 is 63.0 Å². The zero-order chi connectivity index (χ0) is 31.6. The summed E-state index contributed by atoms with van der Waals surface area (Å²) in [7, 11) is 0. The Hall–Kier alpha value is -4.52. The predicted octanol–water partition coefficient (Wildman–Crippen LogP) is 7.71. The van der Waals surface area contributed by atoms with Gasteiger partial charge in [-0.1, -0.05) is 17.7 Å². The number of nitriles is 1. The molecule has 0 aliphatic heterocycles. The van der Waals surface area contributed by atoms with Crippen molar-refractivity contribution in [2.24, 2.45) is 0 Å². The first-order valence-electron chi connectivity index (χ1n) is 10.8. The molecule has 3 aromatic carbocycles. The van der Waals surface area contributed by atoms with Crippen molar-refractivity contribution in [2.45, 2.75) is 24.6 Å². The molecule has 222 valence electrons. The smallest absolute Gasteiger partial charge is 0.433 e. The van der Waals surface area contributed by atoms with E-state index in [0.29, 0.717) is 0 Å². The van der Waals surface area contributed by atoms with Crippen molar-refractivity contribution >= 4 is 29.2 Å². The first-order valence-corrected chi connectivity index (χ1v) is 11.2. The number of nitrogens with zero attached hydrogens (tertiary/aromatic N) is 1. The van der Waals surface area contributed by atoms with E-state index in [9.17, 15) is 49.1 Å². The van der Waals surface area contributed by atoms with Crippen molar-refractivity contribution in [3.05, 3.63) is 87.7 Å². The van der Waals surface area contributed by atoms with Crippen molar-refractivity contribution in [2.75, 3.05) is 5.32 Å². The van der Waals surface area contributed by atoms with E-state index in [1.807, 2.05) is 0 Å². The van der Waals surface area contributed by atoms with E-state index in [4.69, 9.17) is 21.6 Å². The molecular formula is C25H11ClF10N2O4. The fraction of sp³-hybridized carbons (Fsp3) is 0.160. The number of nitrogens with one attached hydrogen (secondary N) is 1. The van der Waals surface area contributed by atoms with Gasteiger partial charge in [0, 0.05) is 5.56 Å². The Morgan fingerprint density at radius 1 is 0.905 bits per heavy atom. The highest BCUT2D eigenvalue weighted by Gasteiger charge is 2.73. The van der Waals surface area contributed by atoms with Crippen LogP contribution in [-0.4, -0.2) is 30.8 Å². The molecular weight excluding hydrogens is 618 g/mol. The predicted molar refractivity (Wildman–Crippen MR) is 123 cm³/mol. The minimum Gasteiger partial charge on any atom is -0.433 e. The monoisotopic (exact) mass is 628 g/mol. The molecule has 0 saturated carbocycles. The highest BCUT2D eigenvalue weighted by atomic mass is 35.5. The van der Waals surface area contributed by atoms with E-state index >= 15 is 4.39 Å². The van der Waals surface area contributed by atoms with Gasteiger partial charge in [0.2, 0.25) is 0 Å². The van der Waals surface area contributed by atoms with Crippen molar-refractivity contribution in [1.82, 2.24) is 0 Å². The van der Waals surface area contributed by atoms with Crippen LogP contribution in [0.5, 0.6) is 11.5 Å². The molecule has 0 heterocycles. The summed E-state index contributed by atoms with van der Waals surface area (Å²) in [4.78, 5) is 25.1. The first kappa shape index (κ1) is 32.0. The fourth-order valence-corrected chi connectivity index (χ4v) is 3.62. The summed E-state index contributed by atoms with van der Waals surface area (Å²) in [6, 6.07) is 8.68. The van der Waals surface area contributed by atoms with Crippen LogP contribution in [0.3, 0.4) is 0 Å². The van der Waals surface area contributed by atoms with Crippen molar-refractivity contribution in [3.8, 4) is 17.6 Å². The minimum atomic E-state index is -6.64. The van der Waals surface area contributed by atoms with Crippen molar-refractivity contribution in [1.29, 1.82) is 5.26 Å². The van der Waals surface area contributed by atoms with E-state index in [1.54, 1.807) is 11.4 Å². The summed E-state index contributed by atoms with van der Waals surface area (Å²) in [5.41, 5.74) is -10.5. The number of halogens is 11. The third kappa shape index (κ3) is 6.35. The van der Waals surface area contributed by atoms with Crippen LogP contribution in [0.15, 0.2) is 54.6 Å². The molecule has 0 aromatic heterocycles. The Bertz CT molecular complexity index is 1540. The van der Waals surface area contributed by atoms with E-state index < -0.39 is 81.7 Å². The number of ether oxygens (including phenoxy) is 2. The average Bonchev–Trinajstić information content (AvgIpc) is 2.89. The molecule has 0 aliphatic carbocycles. The minimum absolute atomic E-state index is 0.134. The number of esters is 1. The number of alkyl halides is 9. The number of hydrogen-bond acceptors (Lipinski definition) is 5. The van der Waals surface area contributed by atoms with Crippen LogP contribution in [-0.2, 0) is 5.67 Å². The van der Waals surface area contributed by atoms with Crippen LogP contribution in [0.25, 0.3) is 0 Å². The molecule has 0 aliphatic rings. The van der Waals surface area contributed by atoms with Gasteiger partial charge in [0.1, 0.15) is 5.69 Å². The van der Waals surface area contributed by atoms with Gasteiger partial charge in [-0.15, -0.1) is 0 Å². The number of hydrogen-bond donors (Lipinski definition) is 1. The Morgan fingerprint density at radius 3 is 2.02 bits per heavy atom. The second-order valence-corrected chi connectivity index (χ2v) is 8.42. The molecule has 3 aromatic rings. The third-order valence-corrected chi connectivity index (χ3v) is 5.65. The Morgan fingerprint density at radius 2 is 1.50 bits per heavy atom. The Labute approximate surface area is 233 Å². The second-order valence-electron chi connectivity index (χ2n) is 8.01. The molecule has 6 nitrogen and oxygen atoms in total. The fourth-order valence-electron chi connectivity index (χ4n) is 3.36. The number of amides is 1. The zero-order valence-corrected chi connectivity index (χ0v) is 20.8. The van der Waals surface area contributed by atoms with Gasteiger partial charge in [0.15, 0.2) is 17.3 Å². The lowest BCUT2D eigenvalue weighted by atomic mass is 9.93. The summed E-state index contributed by atoms with van der Waals surface area (Å²) in [6.07, 6.45) is -13.3. The van der Waals surface area contributed by atoms with Gasteiger partial charge in [0.05, 0.1) is 27.8 Å². The molecule has 0 atom stereocenters. The molecule has 0 bridgehead atoms. The summed E-state index contributed by atoms with van der Waals surface area (Å²) in [5.74, 6) is -6.68. The molecule has 1 amide bonds. The van der Waals surface area contributed by atoms with Gasteiger partial charge >= 0.3 is 30.6 Å². The molecule has 0 saturated heterocycles. The molecule has 0 unspecified atom stereocenters. The van der Waals surface area contributed by atoms with Crippen LogP contribution in [0.2, 0.25) is 5.02 Å². The molecule has 0 spiro atoms. The standard InChI is InChI=1S/C25H11ClF10N2O4/c26-15-8-13(23(30,24(31,32)33)25(34,35)36)9-17(42-22(28)29)19(15)38-20(39)14-2-1-3-16(18(14)27)41-21(40)12-6-4-11(10-37)5-7-12/h1-9,22H,(H,38,39). The van der Waals surface area contributed by atoms with Crippen molar-refractivity contribution in [3.63, 3.8) is 0 Å². The molecule has 17 heteroatoms. The Balaban J connectivity index is 1.99. The highest BCUT2D eigenvalue weighted by Crippen LogP contribution is 2.55. The van der Waals surface area contributed by atoms with Gasteiger partial charge in [-0.25, -0.2) is 13.6 Å². The van der Waals surface area contributed by atoms with E-state index in [-0.39, 0.29) is 17.2 Å². The van der Waals surface area contributed by atoms with Crippen LogP contribution in [0.1, 0.15) is 31.8 Å². The lowest BCUT2D eigenvalue weighted by Gasteiger charge is -2.31. The second kappa shape index (κ2) is 11.8. The number of benzene rings is 3. The van der Waals surface area contributed by atoms with Gasteiger partial charge in [-0.2, -0.15) is 40.4 Å². The summed E-state index contributed by atoms with van der Waals surface area (Å²) < 4.78 is 143. The highest BCUT2D eigenvalue weighted by molar-refractivity contribution is 6.34. The molecule has 3 rings (SSSR count). The Kier molecular flexibility index (Phi) is 8.96. The van der Waals surface area contributed by atoms with E-state index in [1.165, 1.54) is 24.3 Å². The topological polar surface area (TPSA) is 88.4 Å². The van der Waals surface area contributed by atoms with Crippen LogP contribution in [0, 0.1) is 17.1 Å². The largest absolute Gasteiger partial charge is 0.435 e. The third-order valence-electron chi connectivity index (χ3n) is 5.35. The van der Waals surface area contributed by atoms with E-state index in [0.717, 1.165) is 18.2 Å². The summed E-state index contributed by atoms with van der Waals surface area (Å²) >= 11 is 5.66. The summed E-state index contributed by atoms with van der Waals surface area (Å²) in [5, 5.41) is 9.18. The molecule has 0 radical (unpaired) electrons. The molecule has 42 heavy (non-hydrogen) atoms. The maximum atomic E-state index is 15.0. The number of carbonyl (C=O) groups excluding carboxylic acids is 2. The molecule has 0 fully saturated rings. The molecule has 1 N–H and O–H groups in total. The maximum absolute atomic E-state index is 15.0. The number of anilines is 1. The lowest BCUT2D eigenvalue weighted by molar-refractivity contribution is -0.348. The van der Waals surface area contributed by atoms with Gasteiger partial charge in [0.25, 0.3) is 5.91 Å². The SMILES string of the molecule is N#Cc1ccc(C(=O)Oc2cccc(C(=O)Nc3c(Cl)cc(C(F)(C(F)(F)F)C(F)(F)F)cc3OC(F)F)c2F)cc1. The quantitative estimate of drug-likeness (QED) is 0.165. The van der Waals surface area contributed by atoms with Crippen LogP contribution in [0.4, 0.5) is 49.6 Å². The average molecular weight is 629 g/mol. The van der Waals surface area contributed by atoms with Crippen LogP contribution < -0.4 is 14.8 Å². The van der Waals surface area contributed by atoms with Gasteiger partial charge in [-0.05, 0) is 48.5 Å². The van der Waals surface area contributed by atoms with Gasteiger partial charge in [-0.3, -0.25) is 4.79 Å². The van der Waals surface area contributed by atoms with Gasteiger partial charge < -0.3 is 14.8 Å². The summed E-state index contributed by atoms with van der Waals surface area (Å²) in [6.45, 7) is -3.92. The zero-order valence-electron chi connectivity index (χ0n) is 20.0. The van der Waals surface area contributed by atoms with Crippen LogP contribution >= 0.6 is 11.6 Å². The number of carbonyl (C=O) groups is 2. The first-order chi connectivity index (χ1) is 19.4. The normalized spacial score (nSPS) is 12.1. The maximum Gasteiger partial charge on any atom is 0.435 e. The number of rotatable bonds is 7.